The smallest absolute Gasteiger partial charge is 0.357 e. The van der Waals surface area contributed by atoms with Crippen LogP contribution < -0.4 is 9.47 Å². The molecule has 1 aromatic heterocycles. The predicted octanol–water partition coefficient (Wildman–Crippen LogP) is 6.44. The Hall–Kier alpha value is -3.08. The van der Waals surface area contributed by atoms with Gasteiger partial charge in [0, 0.05) is 11.5 Å². The molecule has 0 unspecified atom stereocenters. The maximum Gasteiger partial charge on any atom is 0.357 e. The molecule has 5 nitrogen and oxygen atoms in total. The summed E-state index contributed by atoms with van der Waals surface area (Å²) in [6, 6.07) is 7.23. The van der Waals surface area contributed by atoms with Crippen molar-refractivity contribution in [2.24, 2.45) is 0 Å². The molecule has 0 saturated carbocycles. The van der Waals surface area contributed by atoms with Crippen molar-refractivity contribution in [3.8, 4) is 11.5 Å². The number of carbonyl (C=O) groups is 1. The second-order valence-corrected chi connectivity index (χ2v) is 7.92. The molecule has 0 saturated heterocycles. The molecule has 1 aromatic carbocycles. The van der Waals surface area contributed by atoms with Gasteiger partial charge in [-0.15, -0.1) is 0 Å². The molecule has 0 amide bonds. The average molecular weight is 424 g/mol. The fraction of sp³-hybridized carbons (Fsp3) is 0.385. The van der Waals surface area contributed by atoms with Gasteiger partial charge in [0.2, 0.25) is 0 Å². The molecule has 31 heavy (non-hydrogen) atoms. The van der Waals surface area contributed by atoms with E-state index in [1.165, 1.54) is 11.1 Å². The van der Waals surface area contributed by atoms with Crippen LogP contribution in [-0.2, 0) is 4.74 Å². The molecule has 5 heteroatoms. The molecular weight excluding hydrogens is 390 g/mol. The van der Waals surface area contributed by atoms with Crippen molar-refractivity contribution in [3.63, 3.8) is 0 Å². The van der Waals surface area contributed by atoms with Crippen molar-refractivity contribution in [1.29, 1.82) is 0 Å². The Balaban J connectivity index is 2.22. The van der Waals surface area contributed by atoms with Crippen LogP contribution in [0.25, 0.3) is 10.9 Å². The average Bonchev–Trinajstić information content (AvgIpc) is 2.72. The van der Waals surface area contributed by atoms with Crippen LogP contribution in [0.5, 0.6) is 11.5 Å². The van der Waals surface area contributed by atoms with Gasteiger partial charge in [0.05, 0.1) is 7.11 Å². The Morgan fingerprint density at radius 2 is 1.71 bits per heavy atom. The van der Waals surface area contributed by atoms with Crippen LogP contribution in [-0.4, -0.2) is 31.3 Å². The van der Waals surface area contributed by atoms with Crippen LogP contribution in [0.3, 0.4) is 0 Å². The number of benzene rings is 1. The quantitative estimate of drug-likeness (QED) is 0.325. The number of hydrogen-bond donors (Lipinski definition) is 0. The molecule has 0 aliphatic heterocycles. The SMILES string of the molecule is COc1cc(C(=O)OCC=C(C)C)nc2c(OC/C=C(\C)CCC=C(C)C)cccc12. The molecule has 0 N–H and O–H groups in total. The lowest BCUT2D eigenvalue weighted by molar-refractivity contribution is 0.0542. The summed E-state index contributed by atoms with van der Waals surface area (Å²) >= 11 is 0. The van der Waals surface area contributed by atoms with Crippen molar-refractivity contribution in [1.82, 2.24) is 4.98 Å². The first-order chi connectivity index (χ1) is 14.8. The van der Waals surface area contributed by atoms with Crippen LogP contribution in [0.4, 0.5) is 0 Å². The Kier molecular flexibility index (Phi) is 9.32. The minimum Gasteiger partial charge on any atom is -0.496 e. The molecule has 166 valence electrons. The summed E-state index contributed by atoms with van der Waals surface area (Å²) in [5.74, 6) is 0.656. The number of nitrogens with zero attached hydrogens (tertiary/aromatic N) is 1. The molecule has 2 aromatic rings. The molecule has 0 aliphatic rings. The lowest BCUT2D eigenvalue weighted by atomic mass is 10.1. The van der Waals surface area contributed by atoms with Crippen molar-refractivity contribution < 1.29 is 19.0 Å². The van der Waals surface area contributed by atoms with Gasteiger partial charge in [-0.2, -0.15) is 0 Å². The van der Waals surface area contributed by atoms with Gasteiger partial charge in [-0.3, -0.25) is 0 Å². The predicted molar refractivity (Wildman–Crippen MR) is 126 cm³/mol. The van der Waals surface area contributed by atoms with E-state index in [0.29, 0.717) is 23.6 Å². The summed E-state index contributed by atoms with van der Waals surface area (Å²) in [4.78, 5) is 17.0. The summed E-state index contributed by atoms with van der Waals surface area (Å²) in [7, 11) is 1.57. The molecule has 2 rings (SSSR count). The van der Waals surface area contributed by atoms with Crippen molar-refractivity contribution in [3.05, 3.63) is 64.9 Å². The van der Waals surface area contributed by atoms with E-state index in [9.17, 15) is 4.79 Å². The number of rotatable bonds is 10. The summed E-state index contributed by atoms with van der Waals surface area (Å²) in [5, 5.41) is 0.783. The lowest BCUT2D eigenvalue weighted by Crippen LogP contribution is -2.09. The van der Waals surface area contributed by atoms with Crippen LogP contribution in [0, 0.1) is 0 Å². The Labute approximate surface area is 185 Å². The van der Waals surface area contributed by atoms with Gasteiger partial charge in [-0.25, -0.2) is 9.78 Å². The largest absolute Gasteiger partial charge is 0.496 e. The number of para-hydroxylation sites is 1. The third kappa shape index (κ3) is 7.59. The van der Waals surface area contributed by atoms with Crippen molar-refractivity contribution in [2.45, 2.75) is 47.5 Å². The number of carbonyl (C=O) groups excluding carboxylic acids is 1. The number of fused-ring (bicyclic) bond motifs is 1. The maximum atomic E-state index is 12.5. The van der Waals surface area contributed by atoms with E-state index in [1.54, 1.807) is 13.2 Å². The van der Waals surface area contributed by atoms with Crippen LogP contribution in [0.2, 0.25) is 0 Å². The number of allylic oxidation sites excluding steroid dienone is 4. The van der Waals surface area contributed by atoms with Gasteiger partial charge in [0.25, 0.3) is 0 Å². The van der Waals surface area contributed by atoms with E-state index in [0.717, 1.165) is 23.8 Å². The molecule has 0 spiro atoms. The topological polar surface area (TPSA) is 57.7 Å². The van der Waals surface area contributed by atoms with E-state index in [2.05, 4.69) is 37.9 Å². The van der Waals surface area contributed by atoms with Gasteiger partial charge >= 0.3 is 5.97 Å². The molecule has 1 heterocycles. The maximum absolute atomic E-state index is 12.5. The highest BCUT2D eigenvalue weighted by Crippen LogP contribution is 2.31. The highest BCUT2D eigenvalue weighted by molar-refractivity contribution is 5.96. The molecular formula is C26H33NO4. The highest BCUT2D eigenvalue weighted by atomic mass is 16.5. The molecule has 0 aliphatic carbocycles. The molecule has 0 fully saturated rings. The summed E-state index contributed by atoms with van der Waals surface area (Å²) in [6.45, 7) is 10.9. The fourth-order valence-electron chi connectivity index (χ4n) is 2.90. The summed E-state index contributed by atoms with van der Waals surface area (Å²) in [5.41, 5.74) is 4.45. The first-order valence-electron chi connectivity index (χ1n) is 10.5. The van der Waals surface area contributed by atoms with Gasteiger partial charge in [-0.05, 0) is 71.7 Å². The number of aromatic nitrogens is 1. The number of methoxy groups -OCH3 is 1. The van der Waals surface area contributed by atoms with Crippen molar-refractivity contribution in [2.75, 3.05) is 20.3 Å². The normalized spacial score (nSPS) is 11.1. The van der Waals surface area contributed by atoms with E-state index >= 15 is 0 Å². The van der Waals surface area contributed by atoms with Crippen LogP contribution in [0.15, 0.2) is 59.2 Å². The highest BCUT2D eigenvalue weighted by Gasteiger charge is 2.16. The lowest BCUT2D eigenvalue weighted by Gasteiger charge is -2.12. The molecule has 0 bridgehead atoms. The van der Waals surface area contributed by atoms with E-state index in [1.807, 2.05) is 38.1 Å². The number of pyridine rings is 1. The minimum atomic E-state index is -0.498. The third-order valence-corrected chi connectivity index (χ3v) is 4.66. The zero-order valence-electron chi connectivity index (χ0n) is 19.5. The first-order valence-corrected chi connectivity index (χ1v) is 10.5. The molecule has 0 radical (unpaired) electrons. The standard InChI is InChI=1S/C26H33NO4/c1-18(2)9-7-10-20(5)14-16-30-23-12-8-11-21-24(29-6)17-22(27-25(21)23)26(28)31-15-13-19(3)4/h8-9,11-14,17H,7,10,15-16H2,1-6H3/b20-14+. The first kappa shape index (κ1) is 24.2. The van der Waals surface area contributed by atoms with Gasteiger partial charge in [0.1, 0.15) is 30.2 Å². The number of hydrogen-bond acceptors (Lipinski definition) is 5. The second kappa shape index (κ2) is 11.9. The van der Waals surface area contributed by atoms with Gasteiger partial charge in [-0.1, -0.05) is 28.9 Å². The van der Waals surface area contributed by atoms with Gasteiger partial charge in [0.15, 0.2) is 5.69 Å². The number of esters is 1. The Morgan fingerprint density at radius 1 is 0.968 bits per heavy atom. The second-order valence-electron chi connectivity index (χ2n) is 7.92. The van der Waals surface area contributed by atoms with E-state index in [4.69, 9.17) is 14.2 Å². The van der Waals surface area contributed by atoms with E-state index < -0.39 is 5.97 Å². The van der Waals surface area contributed by atoms with Crippen molar-refractivity contribution >= 4 is 16.9 Å². The third-order valence-electron chi connectivity index (χ3n) is 4.66. The minimum absolute atomic E-state index is 0.191. The summed E-state index contributed by atoms with van der Waals surface area (Å²) < 4.78 is 16.8. The van der Waals surface area contributed by atoms with Crippen LogP contribution >= 0.6 is 0 Å². The fourth-order valence-corrected chi connectivity index (χ4v) is 2.90. The zero-order valence-corrected chi connectivity index (χ0v) is 19.5. The van der Waals surface area contributed by atoms with E-state index in [-0.39, 0.29) is 12.3 Å². The Morgan fingerprint density at radius 3 is 2.39 bits per heavy atom. The van der Waals surface area contributed by atoms with Crippen LogP contribution in [0.1, 0.15) is 57.9 Å². The number of ether oxygens (including phenoxy) is 3. The molecule has 0 atom stereocenters. The zero-order chi connectivity index (χ0) is 22.8. The monoisotopic (exact) mass is 423 g/mol. The summed E-state index contributed by atoms with van der Waals surface area (Å²) in [6.07, 6.45) is 8.18. The Bertz CT molecular complexity index is 994. The van der Waals surface area contributed by atoms with Gasteiger partial charge < -0.3 is 14.2 Å².